The number of aryl methyl sites for hydroxylation is 2. The molecule has 1 fully saturated rings. The number of nitrogens with one attached hydrogen (secondary N) is 1. The Morgan fingerprint density at radius 1 is 1.00 bits per heavy atom. The minimum atomic E-state index is -3.57. The van der Waals surface area contributed by atoms with Crippen LogP contribution in [0.15, 0.2) is 59.5 Å². The summed E-state index contributed by atoms with van der Waals surface area (Å²) in [5, 5.41) is 12.1. The largest absolute Gasteiger partial charge is 0.296 e. The molecule has 7 nitrogen and oxygen atoms in total. The Bertz CT molecular complexity index is 1120. The Hall–Kier alpha value is -2.62. The normalized spacial score (nSPS) is 14.7. The van der Waals surface area contributed by atoms with Crippen LogP contribution in [0.3, 0.4) is 0 Å². The summed E-state index contributed by atoms with van der Waals surface area (Å²) in [5.74, 6) is -0.403. The molecule has 30 heavy (non-hydrogen) atoms. The molecule has 1 aliphatic heterocycles. The molecule has 4 rings (SSSR count). The highest BCUT2D eigenvalue weighted by molar-refractivity contribution is 7.89. The van der Waals surface area contributed by atoms with Gasteiger partial charge < -0.3 is 0 Å². The van der Waals surface area contributed by atoms with E-state index in [0.717, 1.165) is 30.7 Å². The van der Waals surface area contributed by atoms with Gasteiger partial charge in [0.05, 0.1) is 4.90 Å². The van der Waals surface area contributed by atoms with Crippen LogP contribution in [0.4, 0.5) is 5.13 Å². The summed E-state index contributed by atoms with van der Waals surface area (Å²) in [4.78, 5) is 12.8. The van der Waals surface area contributed by atoms with Gasteiger partial charge in [-0.25, -0.2) is 8.42 Å². The molecule has 1 N–H and O–H groups in total. The minimum Gasteiger partial charge on any atom is -0.296 e. The topological polar surface area (TPSA) is 92.3 Å². The molecule has 0 atom stereocenters. The van der Waals surface area contributed by atoms with E-state index in [1.807, 2.05) is 18.2 Å². The number of sulfonamides is 1. The Morgan fingerprint density at radius 3 is 2.53 bits per heavy atom. The first-order valence-electron chi connectivity index (χ1n) is 9.80. The minimum absolute atomic E-state index is 0.137. The molecule has 2 aromatic carbocycles. The maximum atomic E-state index is 12.7. The third kappa shape index (κ3) is 4.75. The molecule has 156 valence electrons. The van der Waals surface area contributed by atoms with Crippen LogP contribution < -0.4 is 5.32 Å². The molecule has 3 aromatic rings. The van der Waals surface area contributed by atoms with Gasteiger partial charge in [0.25, 0.3) is 5.91 Å². The summed E-state index contributed by atoms with van der Waals surface area (Å²) < 4.78 is 26.9. The predicted octanol–water partition coefficient (Wildman–Crippen LogP) is 3.36. The van der Waals surface area contributed by atoms with E-state index < -0.39 is 15.9 Å². The lowest BCUT2D eigenvalue weighted by Gasteiger charge is -2.15. The molecule has 0 unspecified atom stereocenters. The van der Waals surface area contributed by atoms with Crippen molar-refractivity contribution >= 4 is 32.4 Å². The number of carbonyl (C=O) groups excluding carboxylic acids is 1. The monoisotopic (exact) mass is 442 g/mol. The van der Waals surface area contributed by atoms with E-state index in [1.54, 1.807) is 12.1 Å². The second kappa shape index (κ2) is 9.03. The van der Waals surface area contributed by atoms with Crippen molar-refractivity contribution in [2.24, 2.45) is 0 Å². The molecule has 0 spiro atoms. The standard InChI is InChI=1S/C21H22N4O3S2/c26-20(17-9-6-10-18(15-17)30(27,28)25-13-4-5-14-25)22-21-24-23-19(29-21)12-11-16-7-2-1-3-8-16/h1-3,6-10,15H,4-5,11-14H2,(H,22,24,26). The van der Waals surface area contributed by atoms with Gasteiger partial charge >= 0.3 is 0 Å². The Balaban J connectivity index is 1.41. The number of nitrogens with zero attached hydrogens (tertiary/aromatic N) is 3. The highest BCUT2D eigenvalue weighted by Gasteiger charge is 2.27. The number of rotatable bonds is 7. The SMILES string of the molecule is O=C(Nc1nnc(CCc2ccccc2)s1)c1cccc(S(=O)(=O)N2CCCC2)c1. The quantitative estimate of drug-likeness (QED) is 0.606. The zero-order valence-electron chi connectivity index (χ0n) is 16.3. The van der Waals surface area contributed by atoms with Gasteiger partial charge in [0, 0.05) is 25.1 Å². The van der Waals surface area contributed by atoms with Crippen LogP contribution in [0.1, 0.15) is 33.8 Å². The van der Waals surface area contributed by atoms with Crippen LogP contribution in [0.2, 0.25) is 0 Å². The van der Waals surface area contributed by atoms with E-state index >= 15 is 0 Å². The third-order valence-corrected chi connectivity index (χ3v) is 7.75. The van der Waals surface area contributed by atoms with Gasteiger partial charge in [-0.3, -0.25) is 10.1 Å². The Kier molecular flexibility index (Phi) is 6.21. The summed E-state index contributed by atoms with van der Waals surface area (Å²) in [7, 11) is -3.57. The van der Waals surface area contributed by atoms with Crippen LogP contribution in [-0.2, 0) is 22.9 Å². The van der Waals surface area contributed by atoms with Crippen LogP contribution >= 0.6 is 11.3 Å². The molecule has 1 saturated heterocycles. The lowest BCUT2D eigenvalue weighted by atomic mass is 10.1. The highest BCUT2D eigenvalue weighted by atomic mass is 32.2. The van der Waals surface area contributed by atoms with Gasteiger partial charge in [-0.1, -0.05) is 47.7 Å². The zero-order valence-corrected chi connectivity index (χ0v) is 18.0. The fraction of sp³-hybridized carbons (Fsp3) is 0.286. The first-order chi connectivity index (χ1) is 14.5. The van der Waals surface area contributed by atoms with E-state index in [9.17, 15) is 13.2 Å². The molecule has 1 aromatic heterocycles. The Labute approximate surface area is 179 Å². The maximum Gasteiger partial charge on any atom is 0.257 e. The number of anilines is 1. The molecule has 0 bridgehead atoms. The number of aromatic nitrogens is 2. The predicted molar refractivity (Wildman–Crippen MR) is 116 cm³/mol. The molecular weight excluding hydrogens is 420 g/mol. The second-order valence-corrected chi connectivity index (χ2v) is 10.1. The van der Waals surface area contributed by atoms with E-state index in [4.69, 9.17) is 0 Å². The first-order valence-corrected chi connectivity index (χ1v) is 12.1. The average Bonchev–Trinajstić information content (AvgIpc) is 3.46. The molecule has 1 amide bonds. The second-order valence-electron chi connectivity index (χ2n) is 7.08. The fourth-order valence-corrected chi connectivity index (χ4v) is 5.64. The maximum absolute atomic E-state index is 12.7. The van der Waals surface area contributed by atoms with Crippen molar-refractivity contribution in [3.63, 3.8) is 0 Å². The van der Waals surface area contributed by atoms with Gasteiger partial charge in [0.15, 0.2) is 0 Å². The summed E-state index contributed by atoms with van der Waals surface area (Å²) in [6, 6.07) is 16.2. The molecule has 0 radical (unpaired) electrons. The molecule has 0 aliphatic carbocycles. The third-order valence-electron chi connectivity index (χ3n) is 4.96. The fourth-order valence-electron chi connectivity index (χ4n) is 3.35. The smallest absolute Gasteiger partial charge is 0.257 e. The molecule has 9 heteroatoms. The van der Waals surface area contributed by atoms with Crippen molar-refractivity contribution in [1.82, 2.24) is 14.5 Å². The van der Waals surface area contributed by atoms with Crippen molar-refractivity contribution in [2.45, 2.75) is 30.6 Å². The van der Waals surface area contributed by atoms with Gasteiger partial charge in [0.1, 0.15) is 5.01 Å². The van der Waals surface area contributed by atoms with Gasteiger partial charge in [-0.2, -0.15) is 4.31 Å². The molecule has 1 aliphatic rings. The number of hydrogen-bond acceptors (Lipinski definition) is 6. The lowest BCUT2D eigenvalue weighted by Crippen LogP contribution is -2.28. The van der Waals surface area contributed by atoms with E-state index in [2.05, 4.69) is 27.6 Å². The summed E-state index contributed by atoms with van der Waals surface area (Å²) >= 11 is 1.32. The van der Waals surface area contributed by atoms with Crippen LogP contribution in [0.25, 0.3) is 0 Å². The van der Waals surface area contributed by atoms with E-state index in [1.165, 1.54) is 33.3 Å². The Morgan fingerprint density at radius 2 is 1.77 bits per heavy atom. The van der Waals surface area contributed by atoms with Crippen molar-refractivity contribution < 1.29 is 13.2 Å². The van der Waals surface area contributed by atoms with Gasteiger partial charge in [-0.05, 0) is 43.0 Å². The van der Waals surface area contributed by atoms with E-state index in [-0.39, 0.29) is 10.5 Å². The molecular formula is C21H22N4O3S2. The van der Waals surface area contributed by atoms with Crippen LogP contribution in [-0.4, -0.2) is 41.9 Å². The van der Waals surface area contributed by atoms with Crippen LogP contribution in [0, 0.1) is 0 Å². The van der Waals surface area contributed by atoms with Crippen molar-refractivity contribution in [3.8, 4) is 0 Å². The number of amides is 1. The first kappa shape index (κ1) is 20.6. The van der Waals surface area contributed by atoms with Gasteiger partial charge in [0.2, 0.25) is 15.2 Å². The lowest BCUT2D eigenvalue weighted by molar-refractivity contribution is 0.102. The summed E-state index contributed by atoms with van der Waals surface area (Å²) in [5.41, 5.74) is 1.49. The molecule has 0 saturated carbocycles. The van der Waals surface area contributed by atoms with Crippen molar-refractivity contribution in [3.05, 3.63) is 70.7 Å². The number of benzene rings is 2. The zero-order chi connectivity index (χ0) is 21.0. The van der Waals surface area contributed by atoms with Crippen LogP contribution in [0.5, 0.6) is 0 Å². The highest BCUT2D eigenvalue weighted by Crippen LogP contribution is 2.23. The van der Waals surface area contributed by atoms with E-state index in [0.29, 0.717) is 18.2 Å². The van der Waals surface area contributed by atoms with Crippen molar-refractivity contribution in [2.75, 3.05) is 18.4 Å². The van der Waals surface area contributed by atoms with Gasteiger partial charge in [-0.15, -0.1) is 10.2 Å². The molecule has 2 heterocycles. The summed E-state index contributed by atoms with van der Waals surface area (Å²) in [6.45, 7) is 1.05. The number of hydrogen-bond donors (Lipinski definition) is 1. The average molecular weight is 443 g/mol. The number of carbonyl (C=O) groups is 1. The van der Waals surface area contributed by atoms with Crippen molar-refractivity contribution in [1.29, 1.82) is 0 Å². The summed E-state index contributed by atoms with van der Waals surface area (Å²) in [6.07, 6.45) is 3.31.